The van der Waals surface area contributed by atoms with E-state index in [9.17, 15) is 4.79 Å². The Morgan fingerprint density at radius 2 is 1.35 bits per heavy atom. The van der Waals surface area contributed by atoms with E-state index in [-0.39, 0.29) is 5.97 Å². The Morgan fingerprint density at radius 1 is 0.730 bits per heavy atom. The largest absolute Gasteiger partial charge is 0.494 e. The van der Waals surface area contributed by atoms with Crippen LogP contribution in [0.3, 0.4) is 0 Å². The molecule has 0 bridgehead atoms. The van der Waals surface area contributed by atoms with E-state index < -0.39 is 0 Å². The Kier molecular flexibility index (Phi) is 12.3. The molecule has 0 saturated carbocycles. The predicted octanol–water partition coefficient (Wildman–Crippen LogP) is 9.73. The minimum atomic E-state index is -0.253. The van der Waals surface area contributed by atoms with Crippen molar-refractivity contribution in [2.45, 2.75) is 78.6 Å². The van der Waals surface area contributed by atoms with Gasteiger partial charge in [0.25, 0.3) is 0 Å². The summed E-state index contributed by atoms with van der Waals surface area (Å²) in [4.78, 5) is 12.3. The zero-order chi connectivity index (χ0) is 26.3. The molecule has 3 heteroatoms. The van der Waals surface area contributed by atoms with E-state index in [1.165, 1.54) is 44.9 Å². The number of ether oxygens (including phenoxy) is 2. The predicted molar refractivity (Wildman–Crippen MR) is 157 cm³/mol. The minimum Gasteiger partial charge on any atom is -0.494 e. The molecule has 0 atom stereocenters. The number of unbranched alkanes of at least 4 members (excludes halogenated alkanes) is 7. The summed E-state index contributed by atoms with van der Waals surface area (Å²) in [6, 6.07) is 20.3. The molecule has 0 amide bonds. The number of carbonyl (C=O) groups is 1. The van der Waals surface area contributed by atoms with Crippen molar-refractivity contribution in [1.29, 1.82) is 0 Å². The van der Waals surface area contributed by atoms with Crippen molar-refractivity contribution in [2.75, 3.05) is 13.2 Å². The average Bonchev–Trinajstić information content (AvgIpc) is 2.91. The molecule has 0 N–H and O–H groups in total. The third-order valence-electron chi connectivity index (χ3n) is 6.64. The van der Waals surface area contributed by atoms with E-state index >= 15 is 0 Å². The van der Waals surface area contributed by atoms with Crippen LogP contribution in [0.25, 0.3) is 22.9 Å². The van der Waals surface area contributed by atoms with Crippen LogP contribution in [0.2, 0.25) is 0 Å². The van der Waals surface area contributed by atoms with Crippen LogP contribution in [0.1, 0.15) is 100 Å². The van der Waals surface area contributed by atoms with Crippen molar-refractivity contribution >= 4 is 28.9 Å². The van der Waals surface area contributed by atoms with Gasteiger partial charge in [-0.1, -0.05) is 108 Å². The van der Waals surface area contributed by atoms with E-state index in [2.05, 4.69) is 63.3 Å². The minimum absolute atomic E-state index is 0.253. The molecular formula is C34H44O3. The number of hydrogen-bond donors (Lipinski definition) is 0. The Balaban J connectivity index is 1.44. The number of esters is 1. The molecule has 0 aliphatic rings. The van der Waals surface area contributed by atoms with Crippen molar-refractivity contribution in [2.24, 2.45) is 5.92 Å². The highest BCUT2D eigenvalue weighted by Gasteiger charge is 2.08. The van der Waals surface area contributed by atoms with Gasteiger partial charge in [-0.3, -0.25) is 0 Å². The SMILES string of the molecule is CCCCCCCCCCOc1ccc(C=Cc2ccc3cc(C(=O)OCCC(C)C)ccc3c2)cc1. The lowest BCUT2D eigenvalue weighted by Gasteiger charge is -2.08. The van der Waals surface area contributed by atoms with Crippen LogP contribution < -0.4 is 4.74 Å². The molecule has 0 heterocycles. The van der Waals surface area contributed by atoms with Crippen LogP contribution in [0, 0.1) is 5.92 Å². The molecule has 198 valence electrons. The Hall–Kier alpha value is -3.07. The zero-order valence-corrected chi connectivity index (χ0v) is 23.0. The van der Waals surface area contributed by atoms with Crippen LogP contribution in [0.5, 0.6) is 5.75 Å². The lowest BCUT2D eigenvalue weighted by Crippen LogP contribution is -2.08. The van der Waals surface area contributed by atoms with E-state index in [1.54, 1.807) is 0 Å². The van der Waals surface area contributed by atoms with Gasteiger partial charge < -0.3 is 9.47 Å². The van der Waals surface area contributed by atoms with Gasteiger partial charge in [0.2, 0.25) is 0 Å². The summed E-state index contributed by atoms with van der Waals surface area (Å²) < 4.78 is 11.3. The van der Waals surface area contributed by atoms with Gasteiger partial charge in [0.1, 0.15) is 5.75 Å². The summed E-state index contributed by atoms with van der Waals surface area (Å²) in [6.07, 6.45) is 15.6. The van der Waals surface area contributed by atoms with Gasteiger partial charge in [0.15, 0.2) is 0 Å². The highest BCUT2D eigenvalue weighted by atomic mass is 16.5. The van der Waals surface area contributed by atoms with Crippen LogP contribution in [0.15, 0.2) is 60.7 Å². The third kappa shape index (κ3) is 10.4. The first-order valence-corrected chi connectivity index (χ1v) is 14.2. The van der Waals surface area contributed by atoms with Crippen molar-refractivity contribution in [3.05, 3.63) is 77.4 Å². The maximum Gasteiger partial charge on any atom is 0.338 e. The molecule has 0 spiro atoms. The fourth-order valence-corrected chi connectivity index (χ4v) is 4.26. The molecule has 0 saturated heterocycles. The number of hydrogen-bond acceptors (Lipinski definition) is 3. The van der Waals surface area contributed by atoms with Gasteiger partial charge in [-0.15, -0.1) is 0 Å². The van der Waals surface area contributed by atoms with Crippen LogP contribution in [-0.4, -0.2) is 19.2 Å². The van der Waals surface area contributed by atoms with E-state index in [0.29, 0.717) is 18.1 Å². The fourth-order valence-electron chi connectivity index (χ4n) is 4.26. The second-order valence-corrected chi connectivity index (χ2v) is 10.4. The zero-order valence-electron chi connectivity index (χ0n) is 23.0. The summed E-state index contributed by atoms with van der Waals surface area (Å²) >= 11 is 0. The van der Waals surface area contributed by atoms with Crippen molar-refractivity contribution in [1.82, 2.24) is 0 Å². The summed E-state index contributed by atoms with van der Waals surface area (Å²) in [6.45, 7) is 7.76. The quantitative estimate of drug-likeness (QED) is 0.112. The number of carbonyl (C=O) groups excluding carboxylic acids is 1. The van der Waals surface area contributed by atoms with Gasteiger partial charge in [-0.25, -0.2) is 4.79 Å². The van der Waals surface area contributed by atoms with Gasteiger partial charge in [-0.05, 0) is 71.0 Å². The smallest absolute Gasteiger partial charge is 0.338 e. The molecule has 3 aromatic carbocycles. The van der Waals surface area contributed by atoms with Gasteiger partial charge in [0, 0.05) is 0 Å². The molecular weight excluding hydrogens is 456 g/mol. The first-order chi connectivity index (χ1) is 18.0. The number of fused-ring (bicyclic) bond motifs is 1. The van der Waals surface area contributed by atoms with Crippen LogP contribution in [0.4, 0.5) is 0 Å². The maximum absolute atomic E-state index is 12.3. The second kappa shape index (κ2) is 15.9. The monoisotopic (exact) mass is 500 g/mol. The molecule has 3 aromatic rings. The van der Waals surface area contributed by atoms with Gasteiger partial charge in [0.05, 0.1) is 18.8 Å². The topological polar surface area (TPSA) is 35.5 Å². The first-order valence-electron chi connectivity index (χ1n) is 14.2. The van der Waals surface area contributed by atoms with E-state index in [1.807, 2.05) is 30.3 Å². The normalized spacial score (nSPS) is 11.5. The third-order valence-corrected chi connectivity index (χ3v) is 6.64. The number of benzene rings is 3. The summed E-state index contributed by atoms with van der Waals surface area (Å²) in [5.41, 5.74) is 2.86. The van der Waals surface area contributed by atoms with Crippen molar-refractivity contribution in [3.63, 3.8) is 0 Å². The molecule has 0 unspecified atom stereocenters. The Labute approximate surface area is 223 Å². The lowest BCUT2D eigenvalue weighted by atomic mass is 10.0. The molecule has 0 fully saturated rings. The highest BCUT2D eigenvalue weighted by molar-refractivity contribution is 5.96. The van der Waals surface area contributed by atoms with Gasteiger partial charge >= 0.3 is 5.97 Å². The van der Waals surface area contributed by atoms with Gasteiger partial charge in [-0.2, -0.15) is 0 Å². The molecule has 3 rings (SSSR count). The average molecular weight is 501 g/mol. The molecule has 37 heavy (non-hydrogen) atoms. The number of rotatable bonds is 16. The molecule has 0 radical (unpaired) electrons. The molecule has 3 nitrogen and oxygen atoms in total. The van der Waals surface area contributed by atoms with E-state index in [0.717, 1.165) is 47.1 Å². The second-order valence-electron chi connectivity index (χ2n) is 10.4. The maximum atomic E-state index is 12.3. The summed E-state index contributed by atoms with van der Waals surface area (Å²) in [7, 11) is 0. The van der Waals surface area contributed by atoms with Crippen molar-refractivity contribution in [3.8, 4) is 5.75 Å². The highest BCUT2D eigenvalue weighted by Crippen LogP contribution is 2.21. The molecule has 0 aromatic heterocycles. The van der Waals surface area contributed by atoms with Crippen LogP contribution in [-0.2, 0) is 4.74 Å². The van der Waals surface area contributed by atoms with Crippen molar-refractivity contribution < 1.29 is 14.3 Å². The summed E-state index contributed by atoms with van der Waals surface area (Å²) in [5.74, 6) is 1.20. The first kappa shape index (κ1) is 28.5. The summed E-state index contributed by atoms with van der Waals surface area (Å²) in [5, 5.41) is 2.14. The van der Waals surface area contributed by atoms with E-state index in [4.69, 9.17) is 9.47 Å². The van der Waals surface area contributed by atoms with Crippen LogP contribution >= 0.6 is 0 Å². The fraction of sp³-hybridized carbons (Fsp3) is 0.441. The molecule has 0 aliphatic carbocycles. The molecule has 0 aliphatic heterocycles. The standard InChI is InChI=1S/C34H44O3/c1-4-5-6-7-8-9-10-11-23-36-33-20-15-28(16-21-33)12-13-29-14-17-31-26-32(19-18-30(31)25-29)34(35)37-24-22-27(2)3/h12-21,25-27H,4-11,22-24H2,1-3H3. The lowest BCUT2D eigenvalue weighted by molar-refractivity contribution is 0.0488. The Bertz CT molecular complexity index is 1110. The Morgan fingerprint density at radius 3 is 2.08 bits per heavy atom.